The zero-order valence-electron chi connectivity index (χ0n) is 43.0. The Kier molecular flexibility index (Phi) is 12.4. The molecule has 71 heavy (non-hydrogen) atoms. The lowest BCUT2D eigenvalue weighted by Crippen LogP contribution is -2.67. The van der Waals surface area contributed by atoms with Crippen molar-refractivity contribution in [1.29, 1.82) is 0 Å². The van der Waals surface area contributed by atoms with Crippen molar-refractivity contribution in [2.75, 3.05) is 6.61 Å². The minimum atomic E-state index is -0.733. The van der Waals surface area contributed by atoms with Gasteiger partial charge in [-0.15, -0.1) is 0 Å². The van der Waals surface area contributed by atoms with E-state index >= 15 is 0 Å². The molecule has 11 rings (SSSR count). The van der Waals surface area contributed by atoms with Crippen LogP contribution < -0.4 is 5.43 Å². The number of cyclic esters (lactones) is 1. The third-order valence-corrected chi connectivity index (χ3v) is 20.8. The number of amides is 1. The fourth-order valence-electron chi connectivity index (χ4n) is 16.6. The number of ether oxygens (including phenoxy) is 5. The Hall–Kier alpha value is -3.91. The Balaban J connectivity index is 0.637. The smallest absolute Gasteiger partial charge is 0.334 e. The van der Waals surface area contributed by atoms with Gasteiger partial charge in [-0.2, -0.15) is 5.10 Å². The van der Waals surface area contributed by atoms with E-state index in [4.69, 9.17) is 23.7 Å². The molecule has 3 N–H and O–H groups in total. The highest BCUT2D eigenvalue weighted by atomic mass is 16.7. The van der Waals surface area contributed by atoms with Crippen molar-refractivity contribution in [3.05, 3.63) is 58.7 Å². The predicted octanol–water partition coefficient (Wildman–Crippen LogP) is 8.62. The summed E-state index contributed by atoms with van der Waals surface area (Å²) in [5.41, 5.74) is 6.75. The Labute approximate surface area is 419 Å². The van der Waals surface area contributed by atoms with Crippen LogP contribution in [0.25, 0.3) is 0 Å². The fraction of sp³-hybridized carbons (Fsp3) is 0.741. The molecule has 2 saturated heterocycles. The topological polar surface area (TPSA) is 186 Å². The van der Waals surface area contributed by atoms with Crippen molar-refractivity contribution in [3.63, 3.8) is 0 Å². The minimum absolute atomic E-state index is 0.0364. The normalized spacial score (nSPS) is 43.6. The van der Waals surface area contributed by atoms with E-state index in [0.29, 0.717) is 68.1 Å². The maximum atomic E-state index is 13.7. The van der Waals surface area contributed by atoms with Crippen LogP contribution in [0.1, 0.15) is 157 Å². The number of esters is 3. The van der Waals surface area contributed by atoms with Gasteiger partial charge in [-0.1, -0.05) is 65.0 Å². The third-order valence-electron chi connectivity index (χ3n) is 20.8. The van der Waals surface area contributed by atoms with E-state index in [1.165, 1.54) is 12.0 Å². The lowest BCUT2D eigenvalue weighted by molar-refractivity contribution is -0.172. The van der Waals surface area contributed by atoms with Gasteiger partial charge in [0, 0.05) is 41.4 Å². The number of fused-ring (bicyclic) bond motifs is 5. The van der Waals surface area contributed by atoms with Crippen LogP contribution in [0.4, 0.5) is 0 Å². The second kappa shape index (κ2) is 17.9. The summed E-state index contributed by atoms with van der Waals surface area (Å²) in [7, 11) is 0. The molecule has 3 aliphatic heterocycles. The summed E-state index contributed by atoms with van der Waals surface area (Å²) in [6, 6.07) is 0. The number of aliphatic hydroxyl groups excluding tert-OH is 2. The predicted molar refractivity (Wildman–Crippen MR) is 264 cm³/mol. The largest absolute Gasteiger partial charge is 0.458 e. The molecule has 2 spiro atoms. The maximum Gasteiger partial charge on any atom is 0.334 e. The lowest BCUT2D eigenvalue weighted by Gasteiger charge is -2.54. The zero-order chi connectivity index (χ0) is 50.0. The van der Waals surface area contributed by atoms with Gasteiger partial charge in [-0.25, -0.2) is 10.2 Å². The van der Waals surface area contributed by atoms with Crippen LogP contribution in [0, 0.1) is 57.7 Å². The Morgan fingerprint density at radius 3 is 2.52 bits per heavy atom. The van der Waals surface area contributed by atoms with E-state index in [1.54, 1.807) is 0 Å². The van der Waals surface area contributed by atoms with Crippen LogP contribution >= 0.6 is 0 Å². The molecule has 1 amide bonds. The average molecular weight is 979 g/mol. The SMILES string of the molecule is C=C1/C(=C\C=C2/CCC[C@]3(C)C2CCC3[C@H](C)/C=C/C(OC(=O)CCC/C(C)=N/NC(=O)CCC(=O)O[C@H]2[C@]3(C(C)C)C[C@@H]3[C@H]3O[C@@]34[C@@]23O[C@@H]3C[C@@H]2C3=C(CC[C@]24C)C(=O)OC3)C2CC2)C[C@H](O)C[C@H]1O. The number of aliphatic hydroxyl groups is 2. The molecular formula is C58H78N2O11. The third kappa shape index (κ3) is 7.92. The molecule has 11 aliphatic rings. The van der Waals surface area contributed by atoms with Gasteiger partial charge in [0.2, 0.25) is 5.91 Å². The van der Waals surface area contributed by atoms with Crippen molar-refractivity contribution >= 4 is 29.5 Å². The van der Waals surface area contributed by atoms with Gasteiger partial charge >= 0.3 is 17.9 Å². The van der Waals surface area contributed by atoms with Gasteiger partial charge in [0.05, 0.1) is 30.8 Å². The van der Waals surface area contributed by atoms with E-state index in [-0.39, 0.29) is 89.4 Å². The van der Waals surface area contributed by atoms with Gasteiger partial charge in [-0.3, -0.25) is 14.4 Å². The van der Waals surface area contributed by atoms with Crippen LogP contribution in [0.15, 0.2) is 63.8 Å². The molecule has 0 radical (unpaired) electrons. The number of hydrazone groups is 1. The van der Waals surface area contributed by atoms with E-state index < -0.39 is 35.5 Å². The fourth-order valence-corrected chi connectivity index (χ4v) is 16.6. The minimum Gasteiger partial charge on any atom is -0.458 e. The molecular weight excluding hydrogens is 901 g/mol. The number of epoxide rings is 2. The summed E-state index contributed by atoms with van der Waals surface area (Å²) in [6.07, 6.45) is 19.8. The standard InChI is InChI=1S/C58H78N2O11/c1-31(2)56-29-44(56)51-58(71-51)55(7)25-23-39-40(30-67-52(39)66)43(55)28-47-57(58,70-47)53(56)69-50(65)22-21-48(63)60-59-33(4)10-8-12-49(64)68-46(36-15-16-36)20-13-32(3)41-18-19-42-35(11-9-24-54(41,42)6)14-17-37-26-38(61)27-45(62)34(37)5/h13-14,17,20,31-32,36,38,41-47,51,53,61-62H,5,8-12,15-16,18-19,21-30H2,1-4,6-7H3,(H,60,63)/b20-13+,35-14+,37-17-,59-33+/t32-,38+,41?,42?,43-,44-,45-,46?,47-,51-,53+,54+,55-,56+,57+,58+/m1/s1. The number of carbonyl (C=O) groups excluding carboxylic acids is 4. The number of rotatable bonds is 16. The van der Waals surface area contributed by atoms with E-state index in [9.17, 15) is 29.4 Å². The highest BCUT2D eigenvalue weighted by Gasteiger charge is 3.00. The lowest BCUT2D eigenvalue weighted by atomic mass is 9.46. The van der Waals surface area contributed by atoms with Crippen LogP contribution in [0.3, 0.4) is 0 Å². The number of carbonyl (C=O) groups is 4. The van der Waals surface area contributed by atoms with Crippen LogP contribution in [-0.4, -0.2) is 94.2 Å². The molecule has 9 fully saturated rings. The first kappa shape index (κ1) is 49.3. The van der Waals surface area contributed by atoms with Gasteiger partial charge in [0.1, 0.15) is 24.4 Å². The van der Waals surface area contributed by atoms with E-state index in [0.717, 1.165) is 80.1 Å². The van der Waals surface area contributed by atoms with Gasteiger partial charge < -0.3 is 33.9 Å². The summed E-state index contributed by atoms with van der Waals surface area (Å²) in [6.45, 7) is 17.8. The van der Waals surface area contributed by atoms with Gasteiger partial charge in [-0.05, 0) is 166 Å². The molecule has 0 aromatic carbocycles. The molecule has 3 unspecified atom stereocenters. The van der Waals surface area contributed by atoms with Crippen molar-refractivity contribution in [3.8, 4) is 0 Å². The molecule has 0 bridgehead atoms. The second-order valence-electron chi connectivity index (χ2n) is 24.8. The average Bonchev–Trinajstić information content (AvgIpc) is 4.17. The van der Waals surface area contributed by atoms with Crippen molar-refractivity contribution < 1.29 is 53.1 Å². The zero-order valence-corrected chi connectivity index (χ0v) is 43.0. The van der Waals surface area contributed by atoms with Crippen LogP contribution in [0.2, 0.25) is 0 Å². The summed E-state index contributed by atoms with van der Waals surface area (Å²) in [5, 5.41) is 24.9. The van der Waals surface area contributed by atoms with Gasteiger partial charge in [0.15, 0.2) is 5.60 Å². The number of hydrogen-bond donors (Lipinski definition) is 3. The molecule has 3 heterocycles. The molecule has 13 nitrogen and oxygen atoms in total. The summed E-state index contributed by atoms with van der Waals surface area (Å²) in [5.74, 6) is 1.14. The summed E-state index contributed by atoms with van der Waals surface area (Å²) >= 11 is 0. The molecule has 0 aromatic rings. The van der Waals surface area contributed by atoms with Crippen molar-refractivity contribution in [1.82, 2.24) is 5.43 Å². The first-order valence-electron chi connectivity index (χ1n) is 27.5. The summed E-state index contributed by atoms with van der Waals surface area (Å²) in [4.78, 5) is 52.5. The highest BCUT2D eigenvalue weighted by Crippen LogP contribution is 2.87. The monoisotopic (exact) mass is 979 g/mol. The molecule has 7 saturated carbocycles. The molecule has 386 valence electrons. The quantitative estimate of drug-likeness (QED) is 0.0336. The first-order valence-corrected chi connectivity index (χ1v) is 27.5. The number of allylic oxidation sites excluding steroid dienone is 4. The van der Waals surface area contributed by atoms with Crippen LogP contribution in [0.5, 0.6) is 0 Å². The molecule has 0 aromatic heterocycles. The molecule has 8 aliphatic carbocycles. The Morgan fingerprint density at radius 2 is 1.75 bits per heavy atom. The highest BCUT2D eigenvalue weighted by molar-refractivity contribution is 5.92. The molecule has 16 atom stereocenters. The number of hydrogen-bond acceptors (Lipinski definition) is 12. The van der Waals surface area contributed by atoms with E-state index in [2.05, 4.69) is 76.0 Å². The van der Waals surface area contributed by atoms with Gasteiger partial charge in [0.25, 0.3) is 0 Å². The van der Waals surface area contributed by atoms with E-state index in [1.807, 2.05) is 6.92 Å². The number of nitrogens with zero attached hydrogens (tertiary/aromatic N) is 1. The number of nitrogens with one attached hydrogen (secondary N) is 1. The van der Waals surface area contributed by atoms with Crippen molar-refractivity contribution in [2.24, 2.45) is 62.8 Å². The summed E-state index contributed by atoms with van der Waals surface area (Å²) < 4.78 is 31.8. The maximum absolute atomic E-state index is 13.7. The van der Waals surface area contributed by atoms with Crippen molar-refractivity contribution in [2.45, 2.75) is 205 Å². The Morgan fingerprint density at radius 1 is 0.944 bits per heavy atom. The van der Waals surface area contributed by atoms with Crippen LogP contribution in [-0.2, 0) is 42.9 Å². The second-order valence-corrected chi connectivity index (χ2v) is 24.8. The molecule has 13 heteroatoms. The first-order chi connectivity index (χ1) is 33.9. The Bertz CT molecular complexity index is 2410.